The maximum atomic E-state index is 5.41. The van der Waals surface area contributed by atoms with Crippen LogP contribution < -0.4 is 11.1 Å². The Morgan fingerprint density at radius 2 is 2.08 bits per heavy atom. The van der Waals surface area contributed by atoms with Gasteiger partial charge in [0.2, 0.25) is 11.1 Å². The molecule has 0 radical (unpaired) electrons. The van der Waals surface area contributed by atoms with Gasteiger partial charge in [-0.25, -0.2) is 0 Å². The molecule has 1 atom stereocenters. The zero-order chi connectivity index (χ0) is 10.1. The predicted molar refractivity (Wildman–Crippen MR) is 56.9 cm³/mol. The number of nitrogens with two attached hydrogens (primary N) is 1. The lowest BCUT2D eigenvalue weighted by molar-refractivity contribution is 0.359. The van der Waals surface area contributed by atoms with Crippen molar-refractivity contribution in [2.45, 2.75) is 33.7 Å². The van der Waals surface area contributed by atoms with Crippen molar-refractivity contribution < 1.29 is 0 Å². The summed E-state index contributed by atoms with van der Waals surface area (Å²) in [5.41, 5.74) is 5.62. The topological polar surface area (TPSA) is 63.8 Å². The van der Waals surface area contributed by atoms with Crippen LogP contribution in [-0.4, -0.2) is 15.4 Å². The molecular weight excluding hydrogens is 184 g/mol. The van der Waals surface area contributed by atoms with Gasteiger partial charge in [0.1, 0.15) is 0 Å². The zero-order valence-electron chi connectivity index (χ0n) is 8.46. The number of hydrogen-bond acceptors (Lipinski definition) is 5. The Bertz CT molecular complexity index is 276. The zero-order valence-corrected chi connectivity index (χ0v) is 9.27. The van der Waals surface area contributed by atoms with E-state index >= 15 is 0 Å². The Labute approximate surface area is 82.7 Å². The molecule has 0 aliphatic heterocycles. The largest absolute Gasteiger partial charge is 0.367 e. The first-order chi connectivity index (χ1) is 5.89. The number of nitrogens with one attached hydrogen (secondary N) is 1. The average molecular weight is 200 g/mol. The average Bonchev–Trinajstić information content (AvgIpc) is 2.33. The lowest BCUT2D eigenvalue weighted by Gasteiger charge is -2.27. The molecular formula is C8H16N4S. The molecule has 74 valence electrons. The van der Waals surface area contributed by atoms with E-state index in [4.69, 9.17) is 5.73 Å². The minimum atomic E-state index is 0.209. The van der Waals surface area contributed by atoms with Crippen LogP contribution in [0.1, 0.15) is 27.7 Å². The molecule has 1 aromatic rings. The van der Waals surface area contributed by atoms with Crippen LogP contribution >= 0.6 is 11.5 Å². The summed E-state index contributed by atoms with van der Waals surface area (Å²) in [5, 5.41) is 4.06. The van der Waals surface area contributed by atoms with Gasteiger partial charge < -0.3 is 11.1 Å². The molecule has 5 heteroatoms. The van der Waals surface area contributed by atoms with Crippen LogP contribution in [0.25, 0.3) is 0 Å². The summed E-state index contributed by atoms with van der Waals surface area (Å²) >= 11 is 1.30. The van der Waals surface area contributed by atoms with Gasteiger partial charge in [-0.3, -0.25) is 0 Å². The monoisotopic (exact) mass is 200 g/mol. The number of nitrogen functional groups attached to an aromatic ring is 1. The predicted octanol–water partition coefficient (Wildman–Crippen LogP) is 1.97. The Morgan fingerprint density at radius 3 is 2.46 bits per heavy atom. The van der Waals surface area contributed by atoms with E-state index in [-0.39, 0.29) is 5.41 Å². The van der Waals surface area contributed by atoms with Crippen LogP contribution in [0, 0.1) is 5.41 Å². The van der Waals surface area contributed by atoms with E-state index in [9.17, 15) is 0 Å². The number of aromatic nitrogens is 2. The fraction of sp³-hybridized carbons (Fsp3) is 0.750. The van der Waals surface area contributed by atoms with E-state index in [1.807, 2.05) is 0 Å². The molecule has 0 aliphatic rings. The van der Waals surface area contributed by atoms with Crippen molar-refractivity contribution in [3.05, 3.63) is 0 Å². The highest BCUT2D eigenvalue weighted by Crippen LogP contribution is 2.23. The van der Waals surface area contributed by atoms with Gasteiger partial charge in [-0.1, -0.05) is 20.8 Å². The summed E-state index contributed by atoms with van der Waals surface area (Å²) in [5.74, 6) is 0.341. The fourth-order valence-electron chi connectivity index (χ4n) is 0.695. The summed E-state index contributed by atoms with van der Waals surface area (Å²) in [6.45, 7) is 8.65. The Morgan fingerprint density at radius 1 is 1.46 bits per heavy atom. The molecule has 0 aliphatic carbocycles. The molecule has 0 saturated heterocycles. The molecule has 13 heavy (non-hydrogen) atoms. The van der Waals surface area contributed by atoms with Crippen LogP contribution in [0.5, 0.6) is 0 Å². The standard InChI is InChI=1S/C8H16N4S/c1-5(8(2,3)4)10-7-11-6(9)12-13-7/h5H,1-4H3,(H3,9,10,11,12). The summed E-state index contributed by atoms with van der Waals surface area (Å²) in [7, 11) is 0. The molecule has 0 spiro atoms. The second-order valence-corrected chi connectivity index (χ2v) is 4.94. The van der Waals surface area contributed by atoms with E-state index < -0.39 is 0 Å². The molecule has 0 saturated carbocycles. The molecule has 1 heterocycles. The van der Waals surface area contributed by atoms with E-state index in [2.05, 4.69) is 42.4 Å². The van der Waals surface area contributed by atoms with Crippen molar-refractivity contribution in [1.29, 1.82) is 0 Å². The van der Waals surface area contributed by atoms with E-state index in [1.54, 1.807) is 0 Å². The quantitative estimate of drug-likeness (QED) is 0.766. The lowest BCUT2D eigenvalue weighted by Crippen LogP contribution is -2.30. The molecule has 4 nitrogen and oxygen atoms in total. The maximum absolute atomic E-state index is 5.41. The van der Waals surface area contributed by atoms with Gasteiger partial charge in [0.05, 0.1) is 0 Å². The SMILES string of the molecule is CC(Nc1nc(N)ns1)C(C)(C)C. The number of hydrogen-bond donors (Lipinski definition) is 2. The van der Waals surface area contributed by atoms with Crippen LogP contribution in [-0.2, 0) is 0 Å². The number of nitrogens with zero attached hydrogens (tertiary/aromatic N) is 2. The fourth-order valence-corrected chi connectivity index (χ4v) is 1.28. The third kappa shape index (κ3) is 2.84. The first kappa shape index (κ1) is 10.2. The summed E-state index contributed by atoms with van der Waals surface area (Å²) in [6.07, 6.45) is 0. The van der Waals surface area contributed by atoms with Gasteiger partial charge in [0.25, 0.3) is 0 Å². The molecule has 1 aromatic heterocycles. The summed E-state index contributed by atoms with van der Waals surface area (Å²) < 4.78 is 3.90. The Hall–Kier alpha value is -0.840. The summed E-state index contributed by atoms with van der Waals surface area (Å²) in [6, 6.07) is 0.347. The lowest BCUT2D eigenvalue weighted by atomic mass is 9.88. The first-order valence-electron chi connectivity index (χ1n) is 4.25. The van der Waals surface area contributed by atoms with Crippen LogP contribution in [0.2, 0.25) is 0 Å². The molecule has 0 aromatic carbocycles. The Balaban J connectivity index is 2.60. The highest BCUT2D eigenvalue weighted by molar-refractivity contribution is 7.09. The van der Waals surface area contributed by atoms with Crippen molar-refractivity contribution >= 4 is 22.6 Å². The van der Waals surface area contributed by atoms with Crippen molar-refractivity contribution in [2.24, 2.45) is 5.41 Å². The third-order valence-corrected chi connectivity index (χ3v) is 2.74. The Kier molecular flexibility index (Phi) is 2.75. The van der Waals surface area contributed by atoms with Gasteiger partial charge in [0.15, 0.2) is 0 Å². The van der Waals surface area contributed by atoms with Gasteiger partial charge >= 0.3 is 0 Å². The van der Waals surface area contributed by atoms with Crippen molar-refractivity contribution in [3.63, 3.8) is 0 Å². The van der Waals surface area contributed by atoms with Gasteiger partial charge in [-0.2, -0.15) is 9.36 Å². The maximum Gasteiger partial charge on any atom is 0.233 e. The molecule has 0 bridgehead atoms. The summed E-state index contributed by atoms with van der Waals surface area (Å²) in [4.78, 5) is 4.04. The van der Waals surface area contributed by atoms with Gasteiger partial charge in [0, 0.05) is 17.6 Å². The minimum Gasteiger partial charge on any atom is -0.367 e. The van der Waals surface area contributed by atoms with Crippen molar-refractivity contribution in [1.82, 2.24) is 9.36 Å². The number of rotatable bonds is 2. The highest BCUT2D eigenvalue weighted by Gasteiger charge is 2.20. The first-order valence-corrected chi connectivity index (χ1v) is 5.02. The van der Waals surface area contributed by atoms with Crippen LogP contribution in [0.15, 0.2) is 0 Å². The van der Waals surface area contributed by atoms with Crippen LogP contribution in [0.4, 0.5) is 11.1 Å². The van der Waals surface area contributed by atoms with Gasteiger partial charge in [-0.15, -0.1) is 0 Å². The number of anilines is 2. The third-order valence-electron chi connectivity index (χ3n) is 2.08. The van der Waals surface area contributed by atoms with E-state index in [1.165, 1.54) is 11.5 Å². The minimum absolute atomic E-state index is 0.209. The molecule has 1 rings (SSSR count). The van der Waals surface area contributed by atoms with Crippen LogP contribution in [0.3, 0.4) is 0 Å². The van der Waals surface area contributed by atoms with E-state index in [0.717, 1.165) is 5.13 Å². The molecule has 1 unspecified atom stereocenters. The second kappa shape index (κ2) is 3.49. The van der Waals surface area contributed by atoms with E-state index in [0.29, 0.717) is 12.0 Å². The smallest absolute Gasteiger partial charge is 0.233 e. The second-order valence-electron chi connectivity index (χ2n) is 4.19. The van der Waals surface area contributed by atoms with Gasteiger partial charge in [-0.05, 0) is 12.3 Å². The van der Waals surface area contributed by atoms with Crippen molar-refractivity contribution in [3.8, 4) is 0 Å². The molecule has 0 fully saturated rings. The molecule has 3 N–H and O–H groups in total. The molecule has 0 amide bonds. The highest BCUT2D eigenvalue weighted by atomic mass is 32.1. The van der Waals surface area contributed by atoms with Crippen molar-refractivity contribution in [2.75, 3.05) is 11.1 Å². The normalized spacial score (nSPS) is 14.2.